The normalized spacial score (nSPS) is 14.3. The molecule has 6 heteroatoms. The second kappa shape index (κ2) is 8.25. The van der Waals surface area contributed by atoms with E-state index in [1.165, 1.54) is 0 Å². The average Bonchev–Trinajstić information content (AvgIpc) is 2.67. The van der Waals surface area contributed by atoms with Crippen molar-refractivity contribution in [1.82, 2.24) is 9.80 Å². The lowest BCUT2D eigenvalue weighted by Crippen LogP contribution is -2.50. The summed E-state index contributed by atoms with van der Waals surface area (Å²) in [6, 6.07) is 16.1. The highest BCUT2D eigenvalue weighted by Gasteiger charge is 2.22. The smallest absolute Gasteiger partial charge is 0.118 e. The van der Waals surface area contributed by atoms with Crippen LogP contribution < -0.4 is 4.74 Å². The van der Waals surface area contributed by atoms with E-state index < -0.39 is 0 Å². The summed E-state index contributed by atoms with van der Waals surface area (Å²) in [5.41, 5.74) is 2.13. The summed E-state index contributed by atoms with van der Waals surface area (Å²) in [5.74, 6) is 0.843. The van der Waals surface area contributed by atoms with Gasteiger partial charge in [0.2, 0.25) is 0 Å². The molecule has 0 aliphatic carbocycles. The Labute approximate surface area is 167 Å². The molecule has 3 nitrogen and oxygen atoms in total. The maximum atomic E-state index is 5.67. The third kappa shape index (κ3) is 4.37. The molecule has 130 valence electrons. The first kappa shape index (κ1) is 18.3. The van der Waals surface area contributed by atoms with Crippen LogP contribution in [0, 0.1) is 0 Å². The lowest BCUT2D eigenvalue weighted by molar-refractivity contribution is 0.265. The van der Waals surface area contributed by atoms with Crippen molar-refractivity contribution in [2.45, 2.75) is 0 Å². The fraction of sp³-hybridized carbons (Fsp3) is 0.263. The quantitative estimate of drug-likeness (QED) is 0.672. The lowest BCUT2D eigenvalue weighted by Gasteiger charge is -2.37. The summed E-state index contributed by atoms with van der Waals surface area (Å²) < 4.78 is 6.25. The molecule has 2 aromatic rings. The van der Waals surface area contributed by atoms with Gasteiger partial charge in [-0.3, -0.25) is 0 Å². The number of hydrogen-bond acceptors (Lipinski definition) is 3. The number of piperazine rings is 1. The minimum Gasteiger partial charge on any atom is -0.497 e. The van der Waals surface area contributed by atoms with Gasteiger partial charge in [0.05, 0.1) is 7.11 Å². The van der Waals surface area contributed by atoms with Gasteiger partial charge in [0.25, 0.3) is 0 Å². The highest BCUT2D eigenvalue weighted by atomic mass is 79.9. The predicted octanol–water partition coefficient (Wildman–Crippen LogP) is 4.13. The van der Waals surface area contributed by atoms with E-state index in [0.29, 0.717) is 0 Å². The van der Waals surface area contributed by atoms with E-state index in [-0.39, 0.29) is 0 Å². The van der Waals surface area contributed by atoms with Gasteiger partial charge in [-0.05, 0) is 36.4 Å². The number of thiocarbonyl (C=S) groups is 2. The third-order valence-electron chi connectivity index (χ3n) is 4.26. The van der Waals surface area contributed by atoms with Crippen LogP contribution in [0.3, 0.4) is 0 Å². The van der Waals surface area contributed by atoms with Gasteiger partial charge in [0.1, 0.15) is 15.7 Å². The molecule has 0 radical (unpaired) electrons. The van der Waals surface area contributed by atoms with Gasteiger partial charge in [-0.1, -0.05) is 52.5 Å². The highest BCUT2D eigenvalue weighted by molar-refractivity contribution is 9.10. The molecule has 0 bridgehead atoms. The van der Waals surface area contributed by atoms with Crippen molar-refractivity contribution in [3.8, 4) is 5.75 Å². The first-order valence-corrected chi connectivity index (χ1v) is 9.67. The molecule has 1 fully saturated rings. The summed E-state index contributed by atoms with van der Waals surface area (Å²) in [7, 11) is 1.67. The van der Waals surface area contributed by atoms with E-state index in [1.54, 1.807) is 7.11 Å². The van der Waals surface area contributed by atoms with Gasteiger partial charge >= 0.3 is 0 Å². The molecule has 0 amide bonds. The Balaban J connectivity index is 1.61. The Kier molecular flexibility index (Phi) is 6.04. The number of methoxy groups -OCH3 is 1. The molecular formula is C19H19BrN2OS2. The van der Waals surface area contributed by atoms with E-state index >= 15 is 0 Å². The van der Waals surface area contributed by atoms with Crippen molar-refractivity contribution in [2.75, 3.05) is 33.3 Å². The molecule has 0 unspecified atom stereocenters. The van der Waals surface area contributed by atoms with Crippen molar-refractivity contribution in [2.24, 2.45) is 0 Å². The van der Waals surface area contributed by atoms with E-state index in [0.717, 1.165) is 57.5 Å². The molecule has 1 aliphatic heterocycles. The van der Waals surface area contributed by atoms with Crippen LogP contribution in [0.5, 0.6) is 5.75 Å². The highest BCUT2D eigenvalue weighted by Crippen LogP contribution is 2.18. The van der Waals surface area contributed by atoms with E-state index in [1.807, 2.05) is 36.4 Å². The van der Waals surface area contributed by atoms with Crippen molar-refractivity contribution >= 4 is 50.3 Å². The summed E-state index contributed by atoms with van der Waals surface area (Å²) >= 11 is 14.8. The molecule has 0 atom stereocenters. The summed E-state index contributed by atoms with van der Waals surface area (Å²) in [5, 5.41) is 0. The Hall–Kier alpha value is -1.50. The maximum Gasteiger partial charge on any atom is 0.118 e. The van der Waals surface area contributed by atoms with Crippen molar-refractivity contribution in [1.29, 1.82) is 0 Å². The van der Waals surface area contributed by atoms with Gasteiger partial charge in [0, 0.05) is 41.8 Å². The molecule has 25 heavy (non-hydrogen) atoms. The summed E-state index contributed by atoms with van der Waals surface area (Å²) in [6.45, 7) is 3.50. The Morgan fingerprint density at radius 1 is 0.880 bits per heavy atom. The molecule has 2 aromatic carbocycles. The summed E-state index contributed by atoms with van der Waals surface area (Å²) in [6.07, 6.45) is 0. The molecule has 1 heterocycles. The molecule has 1 aliphatic rings. The fourth-order valence-corrected chi connectivity index (χ4v) is 3.86. The van der Waals surface area contributed by atoms with Gasteiger partial charge in [-0.15, -0.1) is 0 Å². The third-order valence-corrected chi connectivity index (χ3v) is 5.74. The number of nitrogens with zero attached hydrogens (tertiary/aromatic N) is 2. The van der Waals surface area contributed by atoms with E-state index in [2.05, 4.69) is 37.9 Å². The topological polar surface area (TPSA) is 15.7 Å². The van der Waals surface area contributed by atoms with Crippen LogP contribution in [0.1, 0.15) is 11.1 Å². The van der Waals surface area contributed by atoms with Crippen LogP contribution >= 0.6 is 40.4 Å². The Bertz CT molecular complexity index is 771. The average molecular weight is 435 g/mol. The zero-order valence-corrected chi connectivity index (χ0v) is 17.2. The van der Waals surface area contributed by atoms with Crippen LogP contribution in [0.15, 0.2) is 53.0 Å². The molecule has 0 N–H and O–H groups in total. The first-order chi connectivity index (χ1) is 12.1. The van der Waals surface area contributed by atoms with Crippen molar-refractivity contribution < 1.29 is 4.74 Å². The van der Waals surface area contributed by atoms with E-state index in [9.17, 15) is 0 Å². The second-order valence-corrected chi connectivity index (χ2v) is 7.51. The molecule has 0 aromatic heterocycles. The largest absolute Gasteiger partial charge is 0.497 e. The van der Waals surface area contributed by atoms with Gasteiger partial charge in [-0.2, -0.15) is 0 Å². The zero-order valence-electron chi connectivity index (χ0n) is 13.9. The number of halogens is 1. The van der Waals surface area contributed by atoms with Crippen LogP contribution in [0.2, 0.25) is 0 Å². The fourth-order valence-electron chi connectivity index (χ4n) is 2.83. The second-order valence-electron chi connectivity index (χ2n) is 5.82. The SMILES string of the molecule is COc1ccc(C(=S)N2CCN(C(=S)c3cccc(Br)c3)CC2)cc1. The van der Waals surface area contributed by atoms with Crippen LogP contribution in [-0.2, 0) is 0 Å². The Morgan fingerprint density at radius 3 is 1.96 bits per heavy atom. The van der Waals surface area contributed by atoms with Crippen molar-refractivity contribution in [3.63, 3.8) is 0 Å². The lowest BCUT2D eigenvalue weighted by atomic mass is 10.1. The maximum absolute atomic E-state index is 5.67. The Morgan fingerprint density at radius 2 is 1.44 bits per heavy atom. The standard InChI is InChI=1S/C19H19BrN2OS2/c1-23-17-7-5-14(6-8-17)18(24)21-9-11-22(12-10-21)19(25)15-3-2-4-16(20)13-15/h2-8,13H,9-12H2,1H3. The zero-order chi connectivity index (χ0) is 17.8. The van der Waals surface area contributed by atoms with Crippen LogP contribution in [-0.4, -0.2) is 53.1 Å². The molecule has 1 saturated heterocycles. The summed E-state index contributed by atoms with van der Waals surface area (Å²) in [4.78, 5) is 6.29. The van der Waals surface area contributed by atoms with Gasteiger partial charge < -0.3 is 14.5 Å². The molecule has 0 saturated carbocycles. The monoisotopic (exact) mass is 434 g/mol. The van der Waals surface area contributed by atoms with E-state index in [4.69, 9.17) is 29.2 Å². The number of benzene rings is 2. The number of hydrogen-bond donors (Lipinski definition) is 0. The number of ether oxygens (including phenoxy) is 1. The first-order valence-electron chi connectivity index (χ1n) is 8.06. The molecule has 3 rings (SSSR count). The van der Waals surface area contributed by atoms with Crippen LogP contribution in [0.25, 0.3) is 0 Å². The predicted molar refractivity (Wildman–Crippen MR) is 114 cm³/mol. The minimum atomic E-state index is 0.843. The molecular weight excluding hydrogens is 416 g/mol. The van der Waals surface area contributed by atoms with Crippen LogP contribution in [0.4, 0.5) is 0 Å². The van der Waals surface area contributed by atoms with Crippen molar-refractivity contribution in [3.05, 3.63) is 64.1 Å². The minimum absolute atomic E-state index is 0.843. The number of rotatable bonds is 3. The van der Waals surface area contributed by atoms with Gasteiger partial charge in [-0.25, -0.2) is 0 Å². The van der Waals surface area contributed by atoms with Gasteiger partial charge in [0.15, 0.2) is 0 Å². The molecule has 0 spiro atoms.